The molecule has 0 unspecified atom stereocenters. The van der Waals surface area contributed by atoms with Crippen LogP contribution in [-0.4, -0.2) is 31.4 Å². The number of halogens is 1. The first-order valence-corrected chi connectivity index (χ1v) is 7.98. The quantitative estimate of drug-likeness (QED) is 0.742. The standard InChI is InChI=1S/C16H23BrN2O/c1-13-16(17)14-7-3-4-8-15(14)19(13)11-6-5-9-18-10-12-20-2/h3-4,7-8,18H,5-6,9-12H2,1-2H3. The molecule has 1 aromatic carbocycles. The maximum Gasteiger partial charge on any atom is 0.0587 e. The van der Waals surface area contributed by atoms with Gasteiger partial charge in [0, 0.05) is 41.3 Å². The molecule has 1 heterocycles. The highest BCUT2D eigenvalue weighted by molar-refractivity contribution is 9.10. The predicted molar refractivity (Wildman–Crippen MR) is 88.4 cm³/mol. The van der Waals surface area contributed by atoms with E-state index < -0.39 is 0 Å². The molecule has 2 aromatic rings. The van der Waals surface area contributed by atoms with Gasteiger partial charge in [-0.1, -0.05) is 18.2 Å². The molecule has 0 bridgehead atoms. The molecule has 0 radical (unpaired) electrons. The molecule has 0 atom stereocenters. The smallest absolute Gasteiger partial charge is 0.0587 e. The summed E-state index contributed by atoms with van der Waals surface area (Å²) in [7, 11) is 1.74. The summed E-state index contributed by atoms with van der Waals surface area (Å²) in [6.45, 7) is 6.04. The molecule has 0 aliphatic carbocycles. The average molecular weight is 339 g/mol. The zero-order valence-electron chi connectivity index (χ0n) is 12.3. The van der Waals surface area contributed by atoms with Gasteiger partial charge in [0.1, 0.15) is 0 Å². The van der Waals surface area contributed by atoms with Crippen molar-refractivity contribution < 1.29 is 4.74 Å². The number of aryl methyl sites for hydroxylation is 1. The largest absolute Gasteiger partial charge is 0.383 e. The fourth-order valence-corrected chi connectivity index (χ4v) is 3.05. The summed E-state index contributed by atoms with van der Waals surface area (Å²) in [6.07, 6.45) is 2.37. The van der Waals surface area contributed by atoms with E-state index in [1.54, 1.807) is 7.11 Å². The fourth-order valence-electron chi connectivity index (χ4n) is 2.50. The second-order valence-electron chi connectivity index (χ2n) is 5.02. The highest BCUT2D eigenvalue weighted by Gasteiger charge is 2.10. The molecular weight excluding hydrogens is 316 g/mol. The second-order valence-corrected chi connectivity index (χ2v) is 5.81. The molecule has 0 amide bonds. The van der Waals surface area contributed by atoms with Crippen molar-refractivity contribution in [3.8, 4) is 0 Å². The summed E-state index contributed by atoms with van der Waals surface area (Å²) >= 11 is 3.71. The molecule has 0 aliphatic heterocycles. The number of nitrogens with zero attached hydrogens (tertiary/aromatic N) is 1. The van der Waals surface area contributed by atoms with E-state index in [4.69, 9.17) is 4.74 Å². The lowest BCUT2D eigenvalue weighted by Gasteiger charge is -2.09. The number of hydrogen-bond acceptors (Lipinski definition) is 2. The number of methoxy groups -OCH3 is 1. The number of fused-ring (bicyclic) bond motifs is 1. The highest BCUT2D eigenvalue weighted by atomic mass is 79.9. The average Bonchev–Trinajstić information content (AvgIpc) is 2.71. The first-order chi connectivity index (χ1) is 9.75. The molecule has 20 heavy (non-hydrogen) atoms. The molecule has 0 saturated carbocycles. The van der Waals surface area contributed by atoms with E-state index in [1.807, 2.05) is 0 Å². The maximum absolute atomic E-state index is 5.01. The van der Waals surface area contributed by atoms with E-state index >= 15 is 0 Å². The molecule has 3 nitrogen and oxygen atoms in total. The Kier molecular flexibility index (Phi) is 6.07. The number of para-hydroxylation sites is 1. The van der Waals surface area contributed by atoms with Gasteiger partial charge in [-0.3, -0.25) is 0 Å². The lowest BCUT2D eigenvalue weighted by molar-refractivity contribution is 0.199. The van der Waals surface area contributed by atoms with Gasteiger partial charge in [0.25, 0.3) is 0 Å². The van der Waals surface area contributed by atoms with Gasteiger partial charge in [0.15, 0.2) is 0 Å². The second kappa shape index (κ2) is 7.81. The van der Waals surface area contributed by atoms with Gasteiger partial charge in [0.2, 0.25) is 0 Å². The molecule has 1 aromatic heterocycles. The maximum atomic E-state index is 5.01. The van der Waals surface area contributed by atoms with Gasteiger partial charge >= 0.3 is 0 Å². The monoisotopic (exact) mass is 338 g/mol. The molecule has 4 heteroatoms. The summed E-state index contributed by atoms with van der Waals surface area (Å²) in [5.74, 6) is 0. The van der Waals surface area contributed by atoms with Crippen LogP contribution in [0.5, 0.6) is 0 Å². The van der Waals surface area contributed by atoms with Gasteiger partial charge in [-0.05, 0) is 48.3 Å². The number of unbranched alkanes of at least 4 members (excludes halogenated alkanes) is 1. The van der Waals surface area contributed by atoms with Gasteiger partial charge in [0.05, 0.1) is 6.61 Å². The normalized spacial score (nSPS) is 11.3. The Balaban J connectivity index is 1.89. The minimum Gasteiger partial charge on any atom is -0.383 e. The van der Waals surface area contributed by atoms with Crippen molar-refractivity contribution in [2.24, 2.45) is 0 Å². The summed E-state index contributed by atoms with van der Waals surface area (Å²) in [6, 6.07) is 8.58. The molecule has 2 rings (SSSR count). The molecule has 0 spiro atoms. The highest BCUT2D eigenvalue weighted by Crippen LogP contribution is 2.30. The van der Waals surface area contributed by atoms with Crippen LogP contribution in [0.1, 0.15) is 18.5 Å². The fraction of sp³-hybridized carbons (Fsp3) is 0.500. The topological polar surface area (TPSA) is 26.2 Å². The summed E-state index contributed by atoms with van der Waals surface area (Å²) in [5, 5.41) is 4.69. The van der Waals surface area contributed by atoms with Gasteiger partial charge in [-0.2, -0.15) is 0 Å². The molecule has 110 valence electrons. The van der Waals surface area contributed by atoms with Crippen LogP contribution in [0.15, 0.2) is 28.7 Å². The minimum atomic E-state index is 0.786. The Labute approximate surface area is 129 Å². The Morgan fingerprint density at radius 1 is 1.20 bits per heavy atom. The van der Waals surface area contributed by atoms with Crippen LogP contribution in [0.3, 0.4) is 0 Å². The van der Waals surface area contributed by atoms with Crippen molar-refractivity contribution in [1.82, 2.24) is 9.88 Å². The van der Waals surface area contributed by atoms with Gasteiger partial charge < -0.3 is 14.6 Å². The van der Waals surface area contributed by atoms with E-state index in [0.29, 0.717) is 0 Å². The van der Waals surface area contributed by atoms with Crippen molar-refractivity contribution >= 4 is 26.8 Å². The number of benzene rings is 1. The number of aromatic nitrogens is 1. The molecule has 0 aliphatic rings. The first-order valence-electron chi connectivity index (χ1n) is 7.18. The number of hydrogen-bond donors (Lipinski definition) is 1. The molecule has 0 saturated heterocycles. The number of rotatable bonds is 8. The van der Waals surface area contributed by atoms with Crippen molar-refractivity contribution in [3.05, 3.63) is 34.4 Å². The van der Waals surface area contributed by atoms with Crippen molar-refractivity contribution in [2.45, 2.75) is 26.3 Å². The number of nitrogens with one attached hydrogen (secondary N) is 1. The number of ether oxygens (including phenoxy) is 1. The van der Waals surface area contributed by atoms with Gasteiger partial charge in [-0.15, -0.1) is 0 Å². The minimum absolute atomic E-state index is 0.786. The molecule has 0 fully saturated rings. The van der Waals surface area contributed by atoms with Crippen LogP contribution in [-0.2, 0) is 11.3 Å². The summed E-state index contributed by atoms with van der Waals surface area (Å²) in [5.41, 5.74) is 2.64. The van der Waals surface area contributed by atoms with Crippen molar-refractivity contribution in [2.75, 3.05) is 26.8 Å². The zero-order valence-corrected chi connectivity index (χ0v) is 13.9. The third-order valence-corrected chi connectivity index (χ3v) is 4.62. The van der Waals surface area contributed by atoms with Crippen LogP contribution >= 0.6 is 15.9 Å². The van der Waals surface area contributed by atoms with E-state index in [0.717, 1.165) is 26.2 Å². The van der Waals surface area contributed by atoms with Gasteiger partial charge in [-0.25, -0.2) is 0 Å². The third kappa shape index (κ3) is 3.62. The van der Waals surface area contributed by atoms with Crippen molar-refractivity contribution in [1.29, 1.82) is 0 Å². The lowest BCUT2D eigenvalue weighted by atomic mass is 10.2. The van der Waals surface area contributed by atoms with E-state index in [2.05, 4.69) is 57.0 Å². The molecule has 1 N–H and O–H groups in total. The van der Waals surface area contributed by atoms with Crippen LogP contribution in [0.4, 0.5) is 0 Å². The van der Waals surface area contributed by atoms with Crippen LogP contribution in [0, 0.1) is 6.92 Å². The van der Waals surface area contributed by atoms with Crippen LogP contribution in [0.25, 0.3) is 10.9 Å². The van der Waals surface area contributed by atoms with E-state index in [9.17, 15) is 0 Å². The van der Waals surface area contributed by atoms with E-state index in [1.165, 1.54) is 33.9 Å². The Morgan fingerprint density at radius 3 is 2.80 bits per heavy atom. The lowest BCUT2D eigenvalue weighted by Crippen LogP contribution is -2.20. The van der Waals surface area contributed by atoms with Crippen molar-refractivity contribution in [3.63, 3.8) is 0 Å². The molecular formula is C16H23BrN2O. The SMILES string of the molecule is COCCNCCCCn1c(C)c(Br)c2ccccc21. The van der Waals surface area contributed by atoms with E-state index in [-0.39, 0.29) is 0 Å². The van der Waals surface area contributed by atoms with Crippen LogP contribution < -0.4 is 5.32 Å². The Morgan fingerprint density at radius 2 is 2.00 bits per heavy atom. The summed E-state index contributed by atoms with van der Waals surface area (Å²) in [4.78, 5) is 0. The zero-order chi connectivity index (χ0) is 14.4. The predicted octanol–water partition coefficient (Wildman–Crippen LogP) is 3.73. The Bertz CT molecular complexity index is 551. The summed E-state index contributed by atoms with van der Waals surface area (Å²) < 4.78 is 8.65. The first kappa shape index (κ1) is 15.5. The van der Waals surface area contributed by atoms with Crippen LogP contribution in [0.2, 0.25) is 0 Å². The third-order valence-electron chi connectivity index (χ3n) is 3.62. The Hall–Kier alpha value is -0.840.